The number of carbonyl (C=O) groups is 1. The van der Waals surface area contributed by atoms with Crippen molar-refractivity contribution in [3.05, 3.63) is 35.6 Å². The zero-order valence-electron chi connectivity index (χ0n) is 12.3. The maximum atomic E-state index is 12.1. The molecule has 2 unspecified atom stereocenters. The number of nitrogens with one attached hydrogen (secondary N) is 1. The van der Waals surface area contributed by atoms with Crippen LogP contribution in [0.5, 0.6) is 0 Å². The highest BCUT2D eigenvalue weighted by atomic mass is 16.3. The second kappa shape index (κ2) is 5.90. The summed E-state index contributed by atoms with van der Waals surface area (Å²) in [5, 5.41) is 13.7. The molecule has 2 N–H and O–H groups in total. The molecular weight excluding hydrogens is 266 g/mol. The molecule has 0 spiro atoms. The molecule has 0 bridgehead atoms. The van der Waals surface area contributed by atoms with Crippen LogP contribution in [0.1, 0.15) is 30.4 Å². The van der Waals surface area contributed by atoms with Gasteiger partial charge in [0.15, 0.2) is 0 Å². The summed E-state index contributed by atoms with van der Waals surface area (Å²) in [6, 6.07) is 6.00. The van der Waals surface area contributed by atoms with E-state index in [1.54, 1.807) is 6.26 Å². The number of fused-ring (bicyclic) bond motifs is 1. The first-order valence-electron chi connectivity index (χ1n) is 7.55. The van der Waals surface area contributed by atoms with Crippen LogP contribution in [0.2, 0.25) is 0 Å². The third kappa shape index (κ3) is 3.10. The maximum absolute atomic E-state index is 12.1. The summed E-state index contributed by atoms with van der Waals surface area (Å²) in [6.45, 7) is 2.58. The van der Waals surface area contributed by atoms with Crippen molar-refractivity contribution in [3.8, 4) is 0 Å². The number of hydrogen-bond acceptors (Lipinski definition) is 3. The van der Waals surface area contributed by atoms with Crippen LogP contribution < -0.4 is 5.32 Å². The van der Waals surface area contributed by atoms with Crippen LogP contribution in [0.15, 0.2) is 28.9 Å². The molecule has 0 saturated heterocycles. The van der Waals surface area contributed by atoms with Crippen molar-refractivity contribution in [2.75, 3.05) is 6.54 Å². The van der Waals surface area contributed by atoms with Crippen LogP contribution in [-0.2, 0) is 11.2 Å². The van der Waals surface area contributed by atoms with Gasteiger partial charge in [-0.1, -0.05) is 18.6 Å². The number of furan rings is 1. The van der Waals surface area contributed by atoms with E-state index in [2.05, 4.69) is 5.32 Å². The molecule has 0 aliphatic heterocycles. The number of hydrogen-bond donors (Lipinski definition) is 2. The highest BCUT2D eigenvalue weighted by Gasteiger charge is 2.25. The van der Waals surface area contributed by atoms with Gasteiger partial charge in [-0.15, -0.1) is 0 Å². The normalized spacial score (nSPS) is 21.8. The summed E-state index contributed by atoms with van der Waals surface area (Å²) < 4.78 is 5.51. The Morgan fingerprint density at radius 1 is 1.43 bits per heavy atom. The monoisotopic (exact) mass is 287 g/mol. The number of aryl methyl sites for hydroxylation is 1. The first-order valence-corrected chi connectivity index (χ1v) is 7.55. The molecule has 112 valence electrons. The van der Waals surface area contributed by atoms with Crippen LogP contribution >= 0.6 is 0 Å². The van der Waals surface area contributed by atoms with Crippen molar-refractivity contribution >= 4 is 16.9 Å². The van der Waals surface area contributed by atoms with E-state index in [1.807, 2.05) is 25.1 Å². The van der Waals surface area contributed by atoms with Crippen LogP contribution in [0.4, 0.5) is 0 Å². The van der Waals surface area contributed by atoms with E-state index in [0.29, 0.717) is 13.0 Å². The lowest BCUT2D eigenvalue weighted by molar-refractivity contribution is -0.120. The summed E-state index contributed by atoms with van der Waals surface area (Å²) >= 11 is 0. The Morgan fingerprint density at radius 3 is 3.05 bits per heavy atom. The number of aliphatic hydroxyl groups excluding tert-OH is 1. The van der Waals surface area contributed by atoms with E-state index >= 15 is 0 Å². The quantitative estimate of drug-likeness (QED) is 0.908. The number of amides is 1. The van der Waals surface area contributed by atoms with Gasteiger partial charge in [0.1, 0.15) is 5.58 Å². The zero-order valence-corrected chi connectivity index (χ0v) is 12.3. The van der Waals surface area contributed by atoms with Gasteiger partial charge in [0.25, 0.3) is 0 Å². The van der Waals surface area contributed by atoms with Gasteiger partial charge in [0, 0.05) is 23.4 Å². The van der Waals surface area contributed by atoms with Crippen molar-refractivity contribution in [2.45, 2.75) is 38.7 Å². The van der Waals surface area contributed by atoms with E-state index in [1.165, 1.54) is 0 Å². The lowest BCUT2D eigenvalue weighted by Crippen LogP contribution is -2.33. The van der Waals surface area contributed by atoms with Gasteiger partial charge < -0.3 is 14.8 Å². The van der Waals surface area contributed by atoms with Crippen molar-refractivity contribution in [1.82, 2.24) is 5.32 Å². The zero-order chi connectivity index (χ0) is 14.8. The molecule has 21 heavy (non-hydrogen) atoms. The van der Waals surface area contributed by atoms with Crippen molar-refractivity contribution in [2.24, 2.45) is 5.92 Å². The lowest BCUT2D eigenvalue weighted by atomic mass is 10.1. The minimum atomic E-state index is -0.261. The number of rotatable bonds is 4. The average molecular weight is 287 g/mol. The second-order valence-electron chi connectivity index (χ2n) is 6.00. The minimum Gasteiger partial charge on any atom is -0.464 e. The van der Waals surface area contributed by atoms with Gasteiger partial charge in [-0.2, -0.15) is 0 Å². The van der Waals surface area contributed by atoms with Crippen molar-refractivity contribution < 1.29 is 14.3 Å². The molecule has 1 aliphatic carbocycles. The smallest absolute Gasteiger partial charge is 0.224 e. The first-order chi connectivity index (χ1) is 10.1. The van der Waals surface area contributed by atoms with Crippen LogP contribution in [0.3, 0.4) is 0 Å². The molecule has 1 aromatic heterocycles. The molecule has 1 fully saturated rings. The standard InChI is InChI=1S/C17H21NO3/c1-11-5-6-14-13(10-21-16(14)7-11)8-17(20)18-9-12-3-2-4-15(12)19/h5-7,10,12,15,19H,2-4,8-9H2,1H3,(H,18,20). The Kier molecular flexibility index (Phi) is 3.97. The number of aliphatic hydroxyl groups is 1. The van der Waals surface area contributed by atoms with Crippen LogP contribution in [-0.4, -0.2) is 23.7 Å². The van der Waals surface area contributed by atoms with Gasteiger partial charge in [0.05, 0.1) is 18.8 Å². The summed E-state index contributed by atoms with van der Waals surface area (Å²) in [6.07, 6.45) is 4.62. The molecule has 0 radical (unpaired) electrons. The predicted octanol–water partition coefficient (Wildman–Crippen LogP) is 2.56. The lowest BCUT2D eigenvalue weighted by Gasteiger charge is -2.14. The van der Waals surface area contributed by atoms with E-state index in [9.17, 15) is 9.90 Å². The van der Waals surface area contributed by atoms with E-state index < -0.39 is 0 Å². The molecule has 1 aromatic carbocycles. The fraction of sp³-hybridized carbons (Fsp3) is 0.471. The molecule has 1 saturated carbocycles. The third-order valence-corrected chi connectivity index (χ3v) is 4.34. The second-order valence-corrected chi connectivity index (χ2v) is 6.00. The first kappa shape index (κ1) is 14.1. The summed E-state index contributed by atoms with van der Waals surface area (Å²) in [7, 11) is 0. The Bertz CT molecular complexity index is 647. The fourth-order valence-electron chi connectivity index (χ4n) is 3.06. The molecule has 1 heterocycles. The molecule has 4 nitrogen and oxygen atoms in total. The summed E-state index contributed by atoms with van der Waals surface area (Å²) in [5.41, 5.74) is 2.88. The summed E-state index contributed by atoms with van der Waals surface area (Å²) in [5.74, 6) is 0.190. The van der Waals surface area contributed by atoms with Gasteiger partial charge in [-0.25, -0.2) is 0 Å². The number of carbonyl (C=O) groups excluding carboxylic acids is 1. The van der Waals surface area contributed by atoms with E-state index in [4.69, 9.17) is 4.42 Å². The molecular formula is C17H21NO3. The molecule has 2 atom stereocenters. The molecule has 1 aliphatic rings. The van der Waals surface area contributed by atoms with Crippen LogP contribution in [0, 0.1) is 12.8 Å². The van der Waals surface area contributed by atoms with Crippen molar-refractivity contribution in [1.29, 1.82) is 0 Å². The Morgan fingerprint density at radius 2 is 2.29 bits per heavy atom. The average Bonchev–Trinajstić information content (AvgIpc) is 3.03. The largest absolute Gasteiger partial charge is 0.464 e. The Hall–Kier alpha value is -1.81. The highest BCUT2D eigenvalue weighted by molar-refractivity contribution is 5.87. The SMILES string of the molecule is Cc1ccc2c(CC(=O)NCC3CCCC3O)coc2c1. The third-order valence-electron chi connectivity index (χ3n) is 4.34. The van der Waals surface area contributed by atoms with E-state index in [-0.39, 0.29) is 17.9 Å². The highest BCUT2D eigenvalue weighted by Crippen LogP contribution is 2.25. The fourth-order valence-corrected chi connectivity index (χ4v) is 3.06. The molecule has 4 heteroatoms. The molecule has 3 rings (SSSR count). The molecule has 1 amide bonds. The van der Waals surface area contributed by atoms with Gasteiger partial charge in [-0.3, -0.25) is 4.79 Å². The minimum absolute atomic E-state index is 0.0163. The van der Waals surface area contributed by atoms with Crippen molar-refractivity contribution in [3.63, 3.8) is 0 Å². The molecule has 2 aromatic rings. The van der Waals surface area contributed by atoms with Crippen LogP contribution in [0.25, 0.3) is 11.0 Å². The van der Waals surface area contributed by atoms with Gasteiger partial charge in [-0.05, 0) is 31.4 Å². The summed E-state index contributed by atoms with van der Waals surface area (Å²) in [4.78, 5) is 12.1. The van der Waals surface area contributed by atoms with E-state index in [0.717, 1.165) is 41.4 Å². The Balaban J connectivity index is 1.61. The van der Waals surface area contributed by atoms with Gasteiger partial charge >= 0.3 is 0 Å². The maximum Gasteiger partial charge on any atom is 0.224 e. The number of benzene rings is 1. The topological polar surface area (TPSA) is 62.5 Å². The van der Waals surface area contributed by atoms with Gasteiger partial charge in [0.2, 0.25) is 5.91 Å². The predicted molar refractivity (Wildman–Crippen MR) is 81.0 cm³/mol. The Labute approximate surface area is 124 Å².